The maximum atomic E-state index is 10.0. The summed E-state index contributed by atoms with van der Waals surface area (Å²) in [4.78, 5) is 4.04. The van der Waals surface area contributed by atoms with E-state index in [1.807, 2.05) is 24.3 Å². The first-order chi connectivity index (χ1) is 9.61. The van der Waals surface area contributed by atoms with Gasteiger partial charge in [-0.2, -0.15) is 0 Å². The summed E-state index contributed by atoms with van der Waals surface area (Å²) in [5.74, 6) is 0.328. The number of nitrogens with one attached hydrogen (secondary N) is 1. The molecule has 0 radical (unpaired) electrons. The SMILES string of the molecule is CCC(NC(C)c1ccncc1)c1cc(Br)ccc1O. The molecule has 1 aromatic carbocycles. The number of benzene rings is 1. The predicted molar refractivity (Wildman–Crippen MR) is 84.6 cm³/mol. The fraction of sp³-hybridized carbons (Fsp3) is 0.312. The standard InChI is InChI=1S/C16H19BrN2O/c1-3-15(14-10-13(17)4-5-16(14)20)19-11(2)12-6-8-18-9-7-12/h4-11,15,19-20H,3H2,1-2H3. The van der Waals surface area contributed by atoms with Gasteiger partial charge in [0.15, 0.2) is 0 Å². The highest BCUT2D eigenvalue weighted by Gasteiger charge is 2.17. The van der Waals surface area contributed by atoms with E-state index in [1.54, 1.807) is 18.5 Å². The molecular formula is C16H19BrN2O. The van der Waals surface area contributed by atoms with Crippen molar-refractivity contribution in [2.45, 2.75) is 32.4 Å². The molecule has 0 spiro atoms. The molecule has 2 atom stereocenters. The summed E-state index contributed by atoms with van der Waals surface area (Å²) in [6.07, 6.45) is 4.50. The van der Waals surface area contributed by atoms with Crippen molar-refractivity contribution in [1.29, 1.82) is 0 Å². The predicted octanol–water partition coefficient (Wildman–Crippen LogP) is 4.35. The minimum Gasteiger partial charge on any atom is -0.508 e. The highest BCUT2D eigenvalue weighted by Crippen LogP contribution is 2.31. The Morgan fingerprint density at radius 2 is 1.95 bits per heavy atom. The van der Waals surface area contributed by atoms with Crippen LogP contribution in [0.3, 0.4) is 0 Å². The van der Waals surface area contributed by atoms with Crippen LogP contribution in [0.2, 0.25) is 0 Å². The van der Waals surface area contributed by atoms with Crippen LogP contribution in [0.1, 0.15) is 43.5 Å². The first-order valence-corrected chi connectivity index (χ1v) is 7.55. The van der Waals surface area contributed by atoms with Gasteiger partial charge >= 0.3 is 0 Å². The number of pyridine rings is 1. The van der Waals surface area contributed by atoms with Crippen molar-refractivity contribution in [2.75, 3.05) is 0 Å². The summed E-state index contributed by atoms with van der Waals surface area (Å²) in [6, 6.07) is 9.85. The molecule has 0 aliphatic carbocycles. The third-order valence-corrected chi connectivity index (χ3v) is 3.92. The maximum absolute atomic E-state index is 10.0. The number of halogens is 1. The van der Waals surface area contributed by atoms with Gasteiger partial charge in [0.25, 0.3) is 0 Å². The number of hydrogen-bond donors (Lipinski definition) is 2. The first-order valence-electron chi connectivity index (χ1n) is 6.76. The lowest BCUT2D eigenvalue weighted by Gasteiger charge is -2.24. The van der Waals surface area contributed by atoms with Crippen LogP contribution in [-0.4, -0.2) is 10.1 Å². The molecule has 0 aliphatic heterocycles. The third kappa shape index (κ3) is 3.58. The second-order valence-electron chi connectivity index (χ2n) is 4.83. The highest BCUT2D eigenvalue weighted by molar-refractivity contribution is 9.10. The zero-order chi connectivity index (χ0) is 14.5. The average molecular weight is 335 g/mol. The fourth-order valence-electron chi connectivity index (χ4n) is 2.28. The fourth-order valence-corrected chi connectivity index (χ4v) is 2.66. The molecule has 20 heavy (non-hydrogen) atoms. The number of phenolic OH excluding ortho intramolecular Hbond substituents is 1. The molecule has 0 bridgehead atoms. The Morgan fingerprint density at radius 3 is 2.60 bits per heavy atom. The largest absolute Gasteiger partial charge is 0.508 e. The van der Waals surface area contributed by atoms with Crippen LogP contribution in [0.4, 0.5) is 0 Å². The van der Waals surface area contributed by atoms with E-state index in [9.17, 15) is 5.11 Å². The van der Waals surface area contributed by atoms with Crippen LogP contribution < -0.4 is 5.32 Å². The van der Waals surface area contributed by atoms with Crippen LogP contribution in [0.5, 0.6) is 5.75 Å². The van der Waals surface area contributed by atoms with Gasteiger partial charge in [-0.3, -0.25) is 4.98 Å². The second kappa shape index (κ2) is 6.86. The van der Waals surface area contributed by atoms with Gasteiger partial charge in [-0.05, 0) is 49.2 Å². The molecule has 1 heterocycles. The van der Waals surface area contributed by atoms with Crippen molar-refractivity contribution in [3.8, 4) is 5.75 Å². The summed E-state index contributed by atoms with van der Waals surface area (Å²) < 4.78 is 0.974. The Balaban J connectivity index is 2.19. The van der Waals surface area contributed by atoms with Crippen molar-refractivity contribution in [1.82, 2.24) is 10.3 Å². The third-order valence-electron chi connectivity index (χ3n) is 3.43. The maximum Gasteiger partial charge on any atom is 0.120 e. The summed E-state index contributed by atoms with van der Waals surface area (Å²) in [5, 5.41) is 13.6. The lowest BCUT2D eigenvalue weighted by molar-refractivity contribution is 0.419. The van der Waals surface area contributed by atoms with Gasteiger partial charge in [0.1, 0.15) is 5.75 Å². The number of aromatic nitrogens is 1. The van der Waals surface area contributed by atoms with Crippen molar-refractivity contribution >= 4 is 15.9 Å². The zero-order valence-electron chi connectivity index (χ0n) is 11.7. The quantitative estimate of drug-likeness (QED) is 0.854. The lowest BCUT2D eigenvalue weighted by Crippen LogP contribution is -2.24. The van der Waals surface area contributed by atoms with Crippen LogP contribution in [0.15, 0.2) is 47.2 Å². The lowest BCUT2D eigenvalue weighted by atomic mass is 10.0. The summed E-state index contributed by atoms with van der Waals surface area (Å²) >= 11 is 3.46. The van der Waals surface area contributed by atoms with Crippen molar-refractivity contribution in [3.05, 3.63) is 58.3 Å². The van der Waals surface area contributed by atoms with Crippen LogP contribution >= 0.6 is 15.9 Å². The van der Waals surface area contributed by atoms with E-state index < -0.39 is 0 Å². The van der Waals surface area contributed by atoms with Gasteiger partial charge in [0.05, 0.1) is 0 Å². The minimum absolute atomic E-state index is 0.107. The summed E-state index contributed by atoms with van der Waals surface area (Å²) in [5.41, 5.74) is 2.11. The van der Waals surface area contributed by atoms with E-state index in [0.717, 1.165) is 16.5 Å². The second-order valence-corrected chi connectivity index (χ2v) is 5.75. The van der Waals surface area contributed by atoms with Crippen molar-refractivity contribution < 1.29 is 5.11 Å². The molecule has 1 aromatic heterocycles. The molecule has 2 rings (SSSR count). The Kier molecular flexibility index (Phi) is 5.15. The number of nitrogens with zero attached hydrogens (tertiary/aromatic N) is 1. The van der Waals surface area contributed by atoms with Gasteiger partial charge in [-0.1, -0.05) is 22.9 Å². The van der Waals surface area contributed by atoms with E-state index in [4.69, 9.17) is 0 Å². The minimum atomic E-state index is 0.107. The van der Waals surface area contributed by atoms with E-state index in [-0.39, 0.29) is 12.1 Å². The van der Waals surface area contributed by atoms with E-state index in [1.165, 1.54) is 5.56 Å². The van der Waals surface area contributed by atoms with E-state index >= 15 is 0 Å². The monoisotopic (exact) mass is 334 g/mol. The Bertz CT molecular complexity index is 560. The van der Waals surface area contributed by atoms with E-state index in [0.29, 0.717) is 5.75 Å². The molecule has 2 aromatic rings. The molecular weight excluding hydrogens is 316 g/mol. The van der Waals surface area contributed by atoms with Crippen molar-refractivity contribution in [3.63, 3.8) is 0 Å². The normalized spacial score (nSPS) is 13.9. The summed E-state index contributed by atoms with van der Waals surface area (Å²) in [7, 11) is 0. The molecule has 2 N–H and O–H groups in total. The number of hydrogen-bond acceptors (Lipinski definition) is 3. The molecule has 4 heteroatoms. The highest BCUT2D eigenvalue weighted by atomic mass is 79.9. The molecule has 0 saturated carbocycles. The molecule has 106 valence electrons. The zero-order valence-corrected chi connectivity index (χ0v) is 13.3. The smallest absolute Gasteiger partial charge is 0.120 e. The van der Waals surface area contributed by atoms with Gasteiger partial charge in [0, 0.05) is 34.5 Å². The van der Waals surface area contributed by atoms with Crippen LogP contribution in [-0.2, 0) is 0 Å². The number of phenols is 1. The topological polar surface area (TPSA) is 45.2 Å². The Labute approximate surface area is 128 Å². The van der Waals surface area contributed by atoms with E-state index in [2.05, 4.69) is 40.1 Å². The van der Waals surface area contributed by atoms with Gasteiger partial charge < -0.3 is 10.4 Å². The first kappa shape index (κ1) is 15.0. The molecule has 0 fully saturated rings. The summed E-state index contributed by atoms with van der Waals surface area (Å²) in [6.45, 7) is 4.23. The number of aromatic hydroxyl groups is 1. The van der Waals surface area contributed by atoms with Gasteiger partial charge in [-0.25, -0.2) is 0 Å². The van der Waals surface area contributed by atoms with Gasteiger partial charge in [0.2, 0.25) is 0 Å². The molecule has 3 nitrogen and oxygen atoms in total. The van der Waals surface area contributed by atoms with Crippen molar-refractivity contribution in [2.24, 2.45) is 0 Å². The van der Waals surface area contributed by atoms with Crippen LogP contribution in [0, 0.1) is 0 Å². The van der Waals surface area contributed by atoms with Crippen LogP contribution in [0.25, 0.3) is 0 Å². The molecule has 2 unspecified atom stereocenters. The molecule has 0 amide bonds. The Hall–Kier alpha value is -1.39. The Morgan fingerprint density at radius 1 is 1.25 bits per heavy atom. The average Bonchev–Trinajstić information content (AvgIpc) is 2.48. The molecule has 0 aliphatic rings. The van der Waals surface area contributed by atoms with Gasteiger partial charge in [-0.15, -0.1) is 0 Å². The number of rotatable bonds is 5. The molecule has 0 saturated heterocycles.